The van der Waals surface area contributed by atoms with Gasteiger partial charge in [0.25, 0.3) is 11.8 Å². The summed E-state index contributed by atoms with van der Waals surface area (Å²) in [5, 5.41) is 2.96. The van der Waals surface area contributed by atoms with E-state index in [2.05, 4.69) is 72.6 Å². The minimum absolute atomic E-state index is 0.0737. The van der Waals surface area contributed by atoms with E-state index in [4.69, 9.17) is 4.74 Å². The largest absolute Gasteiger partial charge is 0.494 e. The van der Waals surface area contributed by atoms with Gasteiger partial charge in [-0.15, -0.1) is 0 Å². The molecule has 1 aliphatic rings. The molecule has 0 bridgehead atoms. The maximum atomic E-state index is 13.7. The number of para-hydroxylation sites is 1. The Balaban J connectivity index is 1.23. The molecule has 0 saturated carbocycles. The van der Waals surface area contributed by atoms with Crippen LogP contribution in [0.5, 0.6) is 5.75 Å². The molecule has 1 N–H and O–H groups in total. The third-order valence-electron chi connectivity index (χ3n) is 7.68. The Hall–Kier alpha value is -4.42. The van der Waals surface area contributed by atoms with Crippen LogP contribution in [0.3, 0.4) is 0 Å². The van der Waals surface area contributed by atoms with Crippen molar-refractivity contribution in [3.63, 3.8) is 0 Å². The zero-order valence-corrected chi connectivity index (χ0v) is 24.4. The van der Waals surface area contributed by atoms with Gasteiger partial charge in [0.1, 0.15) is 5.75 Å². The van der Waals surface area contributed by atoms with Gasteiger partial charge in [0.2, 0.25) is 0 Å². The number of carbonyl (C=O) groups is 2. The first-order valence-electron chi connectivity index (χ1n) is 14.8. The number of anilines is 1. The average Bonchev–Trinajstić information content (AvgIpc) is 3.03. The van der Waals surface area contributed by atoms with Crippen molar-refractivity contribution in [1.82, 2.24) is 9.80 Å². The van der Waals surface area contributed by atoms with E-state index < -0.39 is 0 Å². The molecule has 0 radical (unpaired) electrons. The summed E-state index contributed by atoms with van der Waals surface area (Å²) in [6.07, 6.45) is 0.975. The molecule has 4 aromatic carbocycles. The van der Waals surface area contributed by atoms with E-state index >= 15 is 0 Å². The summed E-state index contributed by atoms with van der Waals surface area (Å²) < 4.78 is 5.77. The van der Waals surface area contributed by atoms with E-state index in [9.17, 15) is 9.59 Å². The molecule has 4 aromatic rings. The minimum atomic E-state index is -0.262. The molecule has 0 aromatic heterocycles. The molecule has 0 unspecified atom stereocenters. The van der Waals surface area contributed by atoms with Crippen LogP contribution in [0.25, 0.3) is 0 Å². The second-order valence-corrected chi connectivity index (χ2v) is 11.1. The summed E-state index contributed by atoms with van der Waals surface area (Å²) in [4.78, 5) is 31.1. The Labute approximate surface area is 248 Å². The van der Waals surface area contributed by atoms with Crippen molar-refractivity contribution < 1.29 is 14.3 Å². The standard InChI is InChI=1S/C36H39N3O3/c1-27(2)21-26-42-31-19-17-30(18-20-31)35(40)37-33-16-10-9-15-32(33)36(41)39-24-22-38(23-25-39)34(28-11-5-3-6-12-28)29-13-7-4-8-14-29/h3-20,27,34H,21-26H2,1-2H3,(H,37,40). The van der Waals surface area contributed by atoms with Crippen LogP contribution in [0.4, 0.5) is 5.69 Å². The van der Waals surface area contributed by atoms with Crippen LogP contribution < -0.4 is 10.1 Å². The molecule has 1 fully saturated rings. The Kier molecular flexibility index (Phi) is 9.67. The first-order valence-corrected chi connectivity index (χ1v) is 14.8. The van der Waals surface area contributed by atoms with Crippen molar-refractivity contribution in [3.8, 4) is 5.75 Å². The number of nitrogens with one attached hydrogen (secondary N) is 1. The van der Waals surface area contributed by atoms with Crippen LogP contribution in [-0.2, 0) is 0 Å². The molecule has 216 valence electrons. The van der Waals surface area contributed by atoms with Crippen LogP contribution in [0.2, 0.25) is 0 Å². The van der Waals surface area contributed by atoms with Crippen LogP contribution in [0.15, 0.2) is 109 Å². The van der Waals surface area contributed by atoms with Crippen LogP contribution >= 0.6 is 0 Å². The Morgan fingerprint density at radius 3 is 1.90 bits per heavy atom. The predicted octanol–water partition coefficient (Wildman–Crippen LogP) is 6.91. The zero-order valence-electron chi connectivity index (χ0n) is 24.4. The Morgan fingerprint density at radius 2 is 1.31 bits per heavy atom. The second-order valence-electron chi connectivity index (χ2n) is 11.1. The predicted molar refractivity (Wildman–Crippen MR) is 168 cm³/mol. The van der Waals surface area contributed by atoms with Crippen molar-refractivity contribution in [1.29, 1.82) is 0 Å². The summed E-state index contributed by atoms with van der Waals surface area (Å²) >= 11 is 0. The maximum Gasteiger partial charge on any atom is 0.256 e. The number of rotatable bonds is 10. The lowest BCUT2D eigenvalue weighted by atomic mass is 9.96. The smallest absolute Gasteiger partial charge is 0.256 e. The highest BCUT2D eigenvalue weighted by Crippen LogP contribution is 2.30. The molecule has 1 saturated heterocycles. The lowest BCUT2D eigenvalue weighted by Crippen LogP contribution is -2.50. The Bertz CT molecular complexity index is 1410. The van der Waals surface area contributed by atoms with Gasteiger partial charge < -0.3 is 15.0 Å². The topological polar surface area (TPSA) is 61.9 Å². The highest BCUT2D eigenvalue weighted by atomic mass is 16.5. The molecule has 1 heterocycles. The third-order valence-corrected chi connectivity index (χ3v) is 7.68. The average molecular weight is 562 g/mol. The third kappa shape index (κ3) is 7.25. The van der Waals surface area contributed by atoms with E-state index in [-0.39, 0.29) is 17.9 Å². The van der Waals surface area contributed by atoms with E-state index in [1.165, 1.54) is 11.1 Å². The highest BCUT2D eigenvalue weighted by Gasteiger charge is 2.29. The summed E-state index contributed by atoms with van der Waals surface area (Å²) in [5.41, 5.74) is 4.00. The fourth-order valence-corrected chi connectivity index (χ4v) is 5.33. The first kappa shape index (κ1) is 29.1. The van der Waals surface area contributed by atoms with Crippen LogP contribution in [0, 0.1) is 5.92 Å². The van der Waals surface area contributed by atoms with Crippen molar-refractivity contribution in [2.45, 2.75) is 26.3 Å². The number of piperazine rings is 1. The van der Waals surface area contributed by atoms with Gasteiger partial charge >= 0.3 is 0 Å². The van der Waals surface area contributed by atoms with E-state index in [1.807, 2.05) is 41.3 Å². The van der Waals surface area contributed by atoms with Crippen molar-refractivity contribution in [2.24, 2.45) is 5.92 Å². The SMILES string of the molecule is CC(C)CCOc1ccc(C(=O)Nc2ccccc2C(=O)N2CCN(C(c3ccccc3)c3ccccc3)CC2)cc1. The van der Waals surface area contributed by atoms with Gasteiger partial charge in [-0.25, -0.2) is 0 Å². The summed E-state index contributed by atoms with van der Waals surface area (Å²) in [6.45, 7) is 7.68. The molecule has 2 amide bonds. The van der Waals surface area contributed by atoms with Gasteiger partial charge in [0.05, 0.1) is 23.9 Å². The van der Waals surface area contributed by atoms with Gasteiger partial charge in [-0.05, 0) is 59.9 Å². The molecule has 6 heteroatoms. The highest BCUT2D eigenvalue weighted by molar-refractivity contribution is 6.09. The minimum Gasteiger partial charge on any atom is -0.494 e. The Morgan fingerprint density at radius 1 is 0.738 bits per heavy atom. The number of nitrogens with zero attached hydrogens (tertiary/aromatic N) is 2. The van der Waals surface area contributed by atoms with Gasteiger partial charge in [-0.2, -0.15) is 0 Å². The summed E-state index contributed by atoms with van der Waals surface area (Å²) in [7, 11) is 0. The number of carbonyl (C=O) groups excluding carboxylic acids is 2. The fourth-order valence-electron chi connectivity index (χ4n) is 5.33. The first-order chi connectivity index (χ1) is 20.5. The molecule has 5 rings (SSSR count). The normalized spacial score (nSPS) is 13.8. The second kappa shape index (κ2) is 14.0. The molecule has 42 heavy (non-hydrogen) atoms. The molecule has 1 aliphatic heterocycles. The van der Waals surface area contributed by atoms with E-state index in [1.54, 1.807) is 24.3 Å². The number of ether oxygens (including phenoxy) is 1. The van der Waals surface area contributed by atoms with Crippen molar-refractivity contribution in [3.05, 3.63) is 131 Å². The zero-order chi connectivity index (χ0) is 29.3. The monoisotopic (exact) mass is 561 g/mol. The number of benzene rings is 4. The van der Waals surface area contributed by atoms with Gasteiger partial charge in [-0.1, -0.05) is 86.6 Å². The molecular formula is C36H39N3O3. The fraction of sp³-hybridized carbons (Fsp3) is 0.278. The quantitative estimate of drug-likeness (QED) is 0.229. The van der Waals surface area contributed by atoms with Crippen molar-refractivity contribution in [2.75, 3.05) is 38.1 Å². The van der Waals surface area contributed by atoms with Gasteiger partial charge in [-0.3, -0.25) is 14.5 Å². The summed E-state index contributed by atoms with van der Waals surface area (Å²) in [5.74, 6) is 0.976. The van der Waals surface area contributed by atoms with E-state index in [0.29, 0.717) is 42.4 Å². The maximum absolute atomic E-state index is 13.7. The number of amides is 2. The van der Waals surface area contributed by atoms with Crippen molar-refractivity contribution >= 4 is 17.5 Å². The molecular weight excluding hydrogens is 522 g/mol. The van der Waals surface area contributed by atoms with Crippen LogP contribution in [0.1, 0.15) is 58.2 Å². The summed E-state index contributed by atoms with van der Waals surface area (Å²) in [6, 6.07) is 35.5. The lowest BCUT2D eigenvalue weighted by molar-refractivity contribution is 0.0598. The molecule has 0 atom stereocenters. The lowest BCUT2D eigenvalue weighted by Gasteiger charge is -2.40. The number of hydrogen-bond donors (Lipinski definition) is 1. The van der Waals surface area contributed by atoms with Gasteiger partial charge in [0.15, 0.2) is 0 Å². The van der Waals surface area contributed by atoms with Crippen LogP contribution in [-0.4, -0.2) is 54.4 Å². The molecule has 0 spiro atoms. The molecule has 6 nitrogen and oxygen atoms in total. The molecule has 0 aliphatic carbocycles. The van der Waals surface area contributed by atoms with Gasteiger partial charge in [0, 0.05) is 31.7 Å². The van der Waals surface area contributed by atoms with E-state index in [0.717, 1.165) is 25.3 Å². The number of hydrogen-bond acceptors (Lipinski definition) is 4.